The number of allylic oxidation sites excluding steroid dienone is 1. The molecule has 3 aromatic heterocycles. The summed E-state index contributed by atoms with van der Waals surface area (Å²) in [4.78, 5) is 89.1. The van der Waals surface area contributed by atoms with E-state index in [9.17, 15) is 38.4 Å². The quantitative estimate of drug-likeness (QED) is 0.0521. The molecule has 3 aromatic rings. The highest BCUT2D eigenvalue weighted by Gasteiger charge is 2.49. The minimum Gasteiger partial charge on any atom is -0.756 e. The molecule has 4 unspecified atom stereocenters. The first kappa shape index (κ1) is 42.4. The van der Waals surface area contributed by atoms with Crippen LogP contribution in [0.3, 0.4) is 0 Å². The largest absolute Gasteiger partial charge is 0.756 e. The summed E-state index contributed by atoms with van der Waals surface area (Å²) < 4.78 is 59.0. The highest BCUT2D eigenvalue weighted by atomic mass is 31.2. The Morgan fingerprint density at radius 3 is 2.63 bits per heavy atom. The number of phosphoric ester groups is 2. The van der Waals surface area contributed by atoms with Gasteiger partial charge in [-0.2, -0.15) is 4.98 Å². The van der Waals surface area contributed by atoms with Crippen LogP contribution in [0.4, 0.5) is 11.6 Å². The first-order chi connectivity index (χ1) is 27.0. The van der Waals surface area contributed by atoms with Gasteiger partial charge >= 0.3 is 11.7 Å². The number of imidazole rings is 1. The molecule has 0 aliphatic carbocycles. The van der Waals surface area contributed by atoms with E-state index in [4.69, 9.17) is 39.6 Å². The van der Waals surface area contributed by atoms with Crippen molar-refractivity contribution >= 4 is 50.3 Å². The molecule has 57 heavy (non-hydrogen) atoms. The third kappa shape index (κ3) is 10.6. The zero-order valence-corrected chi connectivity index (χ0v) is 31.7. The maximum absolute atomic E-state index is 13.3. The fourth-order valence-corrected chi connectivity index (χ4v) is 7.87. The number of nitrogen functional groups attached to an aromatic ring is 2. The van der Waals surface area contributed by atoms with Crippen molar-refractivity contribution in [3.05, 3.63) is 48.1 Å². The maximum atomic E-state index is 13.3. The van der Waals surface area contributed by atoms with Crippen LogP contribution in [0.1, 0.15) is 38.1 Å². The lowest BCUT2D eigenvalue weighted by Crippen LogP contribution is -2.42. The number of carbonyl (C=O) groups excluding carboxylic acids is 2. The highest BCUT2D eigenvalue weighted by molar-refractivity contribution is 7.46. The molecule has 3 fully saturated rings. The molecule has 3 aliphatic rings. The van der Waals surface area contributed by atoms with Gasteiger partial charge in [-0.1, -0.05) is 6.08 Å². The van der Waals surface area contributed by atoms with Crippen molar-refractivity contribution in [1.29, 1.82) is 0 Å². The van der Waals surface area contributed by atoms with Gasteiger partial charge in [-0.3, -0.25) is 32.8 Å². The van der Waals surface area contributed by atoms with Crippen LogP contribution in [0.2, 0.25) is 0 Å². The van der Waals surface area contributed by atoms with Crippen LogP contribution >= 0.6 is 15.6 Å². The molecule has 0 saturated carbocycles. The van der Waals surface area contributed by atoms with E-state index in [1.165, 1.54) is 23.2 Å². The second-order valence-electron chi connectivity index (χ2n) is 13.3. The predicted molar refractivity (Wildman–Crippen MR) is 188 cm³/mol. The standard InChI is InChI=1S/C30H42N10O15P2/c1-2-3-4-21(41)36-16-5-7-38(10-16)11-23(42)54-26-19(53-29(25(26)43)40-15-35-24-27(32)33-14-34-28(24)40)13-51-57(48,49)55-17-9-22(39-8-6-20(31)37-30(39)44)52-18(17)12-50-56(45,46)47/h2,6,8,14-19,22,25-26,29,43H,1,3-5,7,9-13H2,(H,36,41)(H,48,49)(H2,31,37,44)(H2,32,33,34)(H2,45,46,47)/p-2/t16-,17?,18+,19+,22+,25-,26?,29+/m0/s1. The Bertz CT molecular complexity index is 2100. The normalized spacial score (nSPS) is 28.6. The third-order valence-electron chi connectivity index (χ3n) is 9.21. The molecule has 0 radical (unpaired) electrons. The van der Waals surface area contributed by atoms with Crippen molar-refractivity contribution < 1.29 is 66.3 Å². The minimum atomic E-state index is -5.41. The molecule has 27 heteroatoms. The number of rotatable bonds is 17. The number of phosphoric acid groups is 2. The van der Waals surface area contributed by atoms with Gasteiger partial charge in [-0.05, 0) is 18.9 Å². The lowest BCUT2D eigenvalue weighted by molar-refractivity contribution is -0.235. The van der Waals surface area contributed by atoms with Gasteiger partial charge in [0.1, 0.15) is 42.2 Å². The van der Waals surface area contributed by atoms with Crippen LogP contribution in [0.5, 0.6) is 0 Å². The minimum absolute atomic E-state index is 0.0239. The zero-order valence-electron chi connectivity index (χ0n) is 30.0. The predicted octanol–water partition coefficient (Wildman–Crippen LogP) is -2.79. The van der Waals surface area contributed by atoms with Gasteiger partial charge in [0, 0.05) is 38.2 Å². The Hall–Kier alpha value is -4.23. The number of carbonyl (C=O) groups is 2. The molecular weight excluding hydrogens is 802 g/mol. The van der Waals surface area contributed by atoms with Crippen molar-refractivity contribution in [3.63, 3.8) is 0 Å². The topological polar surface area (TPSA) is 356 Å². The number of aliphatic hydroxyl groups is 1. The number of fused-ring (bicyclic) bond motifs is 1. The van der Waals surface area contributed by atoms with Crippen molar-refractivity contribution in [2.75, 3.05) is 44.3 Å². The van der Waals surface area contributed by atoms with Gasteiger partial charge in [-0.25, -0.2) is 19.7 Å². The van der Waals surface area contributed by atoms with Gasteiger partial charge in [0.25, 0.3) is 15.6 Å². The number of hydrogen-bond acceptors (Lipinski definition) is 21. The van der Waals surface area contributed by atoms with E-state index in [1.807, 2.05) is 0 Å². The van der Waals surface area contributed by atoms with Crippen molar-refractivity contribution in [2.45, 2.75) is 74.7 Å². The first-order valence-corrected chi connectivity index (χ1v) is 20.4. The van der Waals surface area contributed by atoms with E-state index in [-0.39, 0.29) is 54.1 Å². The molecule has 312 valence electrons. The lowest BCUT2D eigenvalue weighted by atomic mass is 10.1. The van der Waals surface area contributed by atoms with Crippen LogP contribution in [-0.4, -0.2) is 125 Å². The number of hydrogen-bond donors (Lipinski definition) is 5. The molecule has 3 saturated heterocycles. The number of nitrogens with one attached hydrogen (secondary N) is 1. The van der Waals surface area contributed by atoms with Gasteiger partial charge in [-0.15, -0.1) is 6.58 Å². The fraction of sp³-hybridized carbons (Fsp3) is 0.567. The number of anilines is 2. The van der Waals surface area contributed by atoms with Gasteiger partial charge in [0.15, 0.2) is 23.8 Å². The van der Waals surface area contributed by atoms with Crippen LogP contribution in [0.15, 0.2) is 42.4 Å². The van der Waals surface area contributed by atoms with E-state index in [1.54, 1.807) is 11.0 Å². The highest BCUT2D eigenvalue weighted by Crippen LogP contribution is 2.47. The molecule has 7 N–H and O–H groups in total. The molecule has 25 nitrogen and oxygen atoms in total. The van der Waals surface area contributed by atoms with Crippen LogP contribution in [0.25, 0.3) is 11.2 Å². The summed E-state index contributed by atoms with van der Waals surface area (Å²) in [5.41, 5.74) is 10.9. The molecule has 0 aromatic carbocycles. The molecular formula is C30H40N10O15P2-2. The molecule has 10 atom stereocenters. The smallest absolute Gasteiger partial charge is 0.351 e. The first-order valence-electron chi connectivity index (χ1n) is 17.4. The number of amides is 1. The maximum Gasteiger partial charge on any atom is 0.351 e. The summed E-state index contributed by atoms with van der Waals surface area (Å²) >= 11 is 0. The van der Waals surface area contributed by atoms with Gasteiger partial charge in [0.2, 0.25) is 5.91 Å². The van der Waals surface area contributed by atoms with E-state index < -0.39 is 83.5 Å². The monoisotopic (exact) mass is 842 g/mol. The van der Waals surface area contributed by atoms with Gasteiger partial charge < -0.3 is 64.4 Å². The number of esters is 1. The molecule has 6 rings (SSSR count). The summed E-state index contributed by atoms with van der Waals surface area (Å²) in [5.74, 6) is -1.04. The van der Waals surface area contributed by atoms with E-state index in [0.29, 0.717) is 25.9 Å². The summed E-state index contributed by atoms with van der Waals surface area (Å²) in [6.45, 7) is 2.35. The molecule has 1 amide bonds. The van der Waals surface area contributed by atoms with E-state index in [0.717, 1.165) is 10.9 Å². The fourth-order valence-electron chi connectivity index (χ4n) is 6.59. The summed E-state index contributed by atoms with van der Waals surface area (Å²) in [5, 5.41) is 14.4. The average molecular weight is 843 g/mol. The SMILES string of the molecule is C=CCCC(=O)N[C@H]1CCN(CC(=O)OC2[C@@H](COP(=O)([O-])OC3C[C@H](n4ccc(N)nc4=O)O[C@@H]3COP(=O)([O-])O)O[C@@H](n3cnc4c(N)ncnc43)[C@H]2O)C1. The Kier molecular flexibility index (Phi) is 13.2. The third-order valence-corrected chi connectivity index (χ3v) is 10.7. The second kappa shape index (κ2) is 17.7. The number of aliphatic hydroxyl groups excluding tert-OH is 1. The summed E-state index contributed by atoms with van der Waals surface area (Å²) in [7, 11) is -10.7. The number of likely N-dealkylation sites (tertiary alicyclic amines) is 1. The number of aromatic nitrogens is 6. The summed E-state index contributed by atoms with van der Waals surface area (Å²) in [6, 6.07) is 1.06. The Morgan fingerprint density at radius 1 is 1.12 bits per heavy atom. The Labute approximate surface area is 322 Å². The van der Waals surface area contributed by atoms with Crippen molar-refractivity contribution in [2.24, 2.45) is 0 Å². The lowest BCUT2D eigenvalue weighted by Gasteiger charge is -2.30. The van der Waals surface area contributed by atoms with Crippen LogP contribution in [-0.2, 0) is 46.5 Å². The van der Waals surface area contributed by atoms with Crippen LogP contribution < -0.4 is 32.3 Å². The van der Waals surface area contributed by atoms with Crippen molar-refractivity contribution in [1.82, 2.24) is 39.3 Å². The average Bonchev–Trinajstić information content (AvgIpc) is 3.92. The number of nitrogens with two attached hydrogens (primary N) is 2. The number of nitrogens with zero attached hydrogens (tertiary/aromatic N) is 7. The second-order valence-corrected chi connectivity index (χ2v) is 15.8. The molecule has 3 aliphatic heterocycles. The van der Waals surface area contributed by atoms with E-state index >= 15 is 0 Å². The Morgan fingerprint density at radius 2 is 1.89 bits per heavy atom. The van der Waals surface area contributed by atoms with Crippen molar-refractivity contribution in [3.8, 4) is 0 Å². The van der Waals surface area contributed by atoms with Crippen LogP contribution in [0, 0.1) is 0 Å². The van der Waals surface area contributed by atoms with Gasteiger partial charge in [0.05, 0.1) is 32.2 Å². The molecule has 0 bridgehead atoms. The zero-order chi connectivity index (χ0) is 41.1. The number of ether oxygens (including phenoxy) is 3. The molecule has 6 heterocycles. The Balaban J connectivity index is 1.15. The molecule has 0 spiro atoms. The summed E-state index contributed by atoms with van der Waals surface area (Å²) in [6.07, 6.45) is -4.03. The van der Waals surface area contributed by atoms with E-state index in [2.05, 4.69) is 36.4 Å².